The minimum atomic E-state index is -0.711. The van der Waals surface area contributed by atoms with Gasteiger partial charge in [-0.2, -0.15) is 0 Å². The standard InChI is InChI=1S/C26H29N5O2/c1-19(2)30-25(33)26(9-4-14-31(18-26)24(32)23-17-28-12-13-29-23)16-20-5-3-6-22(15-20)21-7-10-27-11-8-21/h3,5-8,10-13,15,17,19H,4,9,14,16,18H2,1-2H3,(H,30,33)/t26-/m1/s1. The van der Waals surface area contributed by atoms with Gasteiger partial charge < -0.3 is 10.2 Å². The fourth-order valence-corrected chi connectivity index (χ4v) is 4.50. The molecule has 1 aromatic carbocycles. The summed E-state index contributed by atoms with van der Waals surface area (Å²) in [7, 11) is 0. The van der Waals surface area contributed by atoms with Gasteiger partial charge in [-0.05, 0) is 61.9 Å². The molecule has 7 nitrogen and oxygen atoms in total. The molecule has 0 spiro atoms. The summed E-state index contributed by atoms with van der Waals surface area (Å²) in [6.07, 6.45) is 10.1. The van der Waals surface area contributed by atoms with Crippen molar-refractivity contribution in [1.82, 2.24) is 25.2 Å². The zero-order chi connectivity index (χ0) is 23.3. The predicted octanol–water partition coefficient (Wildman–Crippen LogP) is 3.53. The molecular formula is C26H29N5O2. The van der Waals surface area contributed by atoms with Crippen LogP contribution in [0.15, 0.2) is 67.4 Å². The van der Waals surface area contributed by atoms with E-state index in [9.17, 15) is 9.59 Å². The van der Waals surface area contributed by atoms with Crippen molar-refractivity contribution in [1.29, 1.82) is 0 Å². The van der Waals surface area contributed by atoms with Gasteiger partial charge in [0.15, 0.2) is 0 Å². The highest BCUT2D eigenvalue weighted by atomic mass is 16.2. The van der Waals surface area contributed by atoms with Crippen molar-refractivity contribution in [2.24, 2.45) is 5.41 Å². The molecule has 7 heteroatoms. The van der Waals surface area contributed by atoms with Gasteiger partial charge in [-0.1, -0.05) is 24.3 Å². The Labute approximate surface area is 194 Å². The van der Waals surface area contributed by atoms with Gasteiger partial charge in [-0.15, -0.1) is 0 Å². The van der Waals surface area contributed by atoms with Crippen LogP contribution in [-0.2, 0) is 11.2 Å². The third kappa shape index (κ3) is 5.25. The molecule has 170 valence electrons. The molecule has 33 heavy (non-hydrogen) atoms. The molecule has 0 radical (unpaired) electrons. The van der Waals surface area contributed by atoms with E-state index in [2.05, 4.69) is 38.5 Å². The van der Waals surface area contributed by atoms with Crippen LogP contribution >= 0.6 is 0 Å². The number of hydrogen-bond donors (Lipinski definition) is 1. The number of carbonyl (C=O) groups excluding carboxylic acids is 2. The number of nitrogens with one attached hydrogen (secondary N) is 1. The molecule has 1 N–H and O–H groups in total. The first kappa shape index (κ1) is 22.6. The summed E-state index contributed by atoms with van der Waals surface area (Å²) in [5.74, 6) is -0.196. The highest BCUT2D eigenvalue weighted by Crippen LogP contribution is 2.36. The van der Waals surface area contributed by atoms with Gasteiger partial charge in [-0.25, -0.2) is 4.98 Å². The van der Waals surface area contributed by atoms with Crippen molar-refractivity contribution < 1.29 is 9.59 Å². The third-order valence-electron chi connectivity index (χ3n) is 6.03. The number of benzene rings is 1. The second-order valence-corrected chi connectivity index (χ2v) is 8.94. The zero-order valence-corrected chi connectivity index (χ0v) is 19.1. The minimum absolute atomic E-state index is 0.0107. The first-order valence-electron chi connectivity index (χ1n) is 11.3. The lowest BCUT2D eigenvalue weighted by Gasteiger charge is -2.42. The van der Waals surface area contributed by atoms with Crippen molar-refractivity contribution >= 4 is 11.8 Å². The summed E-state index contributed by atoms with van der Waals surface area (Å²) < 4.78 is 0. The number of carbonyl (C=O) groups is 2. The van der Waals surface area contributed by atoms with Gasteiger partial charge in [0.05, 0.1) is 11.6 Å². The van der Waals surface area contributed by atoms with Crippen LogP contribution in [0.3, 0.4) is 0 Å². The van der Waals surface area contributed by atoms with E-state index in [0.717, 1.165) is 29.5 Å². The largest absolute Gasteiger partial charge is 0.353 e. The first-order chi connectivity index (χ1) is 16.0. The van der Waals surface area contributed by atoms with Crippen molar-refractivity contribution in [2.45, 2.75) is 39.2 Å². The van der Waals surface area contributed by atoms with Crippen molar-refractivity contribution in [3.05, 3.63) is 78.6 Å². The Morgan fingerprint density at radius 1 is 1.06 bits per heavy atom. The molecule has 3 heterocycles. The maximum atomic E-state index is 13.5. The van der Waals surface area contributed by atoms with E-state index < -0.39 is 5.41 Å². The number of likely N-dealkylation sites (tertiary alicyclic amines) is 1. The van der Waals surface area contributed by atoms with Crippen LogP contribution in [0.1, 0.15) is 42.7 Å². The monoisotopic (exact) mass is 443 g/mol. The average molecular weight is 444 g/mol. The quantitative estimate of drug-likeness (QED) is 0.630. The molecular weight excluding hydrogens is 414 g/mol. The maximum absolute atomic E-state index is 13.5. The summed E-state index contributed by atoms with van der Waals surface area (Å²) >= 11 is 0. The smallest absolute Gasteiger partial charge is 0.274 e. The number of rotatable bonds is 6. The summed E-state index contributed by atoms with van der Waals surface area (Å²) in [5.41, 5.74) is 2.82. The Morgan fingerprint density at radius 3 is 2.61 bits per heavy atom. The van der Waals surface area contributed by atoms with Gasteiger partial charge in [0.25, 0.3) is 5.91 Å². The Bertz CT molecular complexity index is 1100. The molecule has 0 saturated carbocycles. The Kier molecular flexibility index (Phi) is 6.77. The number of pyridine rings is 1. The summed E-state index contributed by atoms with van der Waals surface area (Å²) in [4.78, 5) is 40.7. The van der Waals surface area contributed by atoms with E-state index in [1.54, 1.807) is 23.5 Å². The zero-order valence-electron chi connectivity index (χ0n) is 19.1. The molecule has 3 aromatic rings. The Hall–Kier alpha value is -3.61. The van der Waals surface area contributed by atoms with Crippen LogP contribution in [0.2, 0.25) is 0 Å². The second kappa shape index (κ2) is 9.90. The van der Waals surface area contributed by atoms with Crippen molar-refractivity contribution in [2.75, 3.05) is 13.1 Å². The van der Waals surface area contributed by atoms with Crippen molar-refractivity contribution in [3.63, 3.8) is 0 Å². The van der Waals surface area contributed by atoms with Gasteiger partial charge in [0.2, 0.25) is 5.91 Å². The van der Waals surface area contributed by atoms with Crippen molar-refractivity contribution in [3.8, 4) is 11.1 Å². The van der Waals surface area contributed by atoms with Crippen LogP contribution < -0.4 is 5.32 Å². The number of hydrogen-bond acceptors (Lipinski definition) is 5. The van der Waals surface area contributed by atoms with Crippen LogP contribution in [0.4, 0.5) is 0 Å². The molecule has 1 aliphatic heterocycles. The Balaban J connectivity index is 1.64. The van der Waals surface area contributed by atoms with E-state index in [0.29, 0.717) is 25.2 Å². The lowest BCUT2D eigenvalue weighted by molar-refractivity contribution is -0.134. The Morgan fingerprint density at radius 2 is 1.88 bits per heavy atom. The van der Waals surface area contributed by atoms with E-state index in [4.69, 9.17) is 0 Å². The minimum Gasteiger partial charge on any atom is -0.353 e. The topological polar surface area (TPSA) is 88.1 Å². The highest BCUT2D eigenvalue weighted by Gasteiger charge is 2.44. The normalized spacial score (nSPS) is 18.2. The fraction of sp³-hybridized carbons (Fsp3) is 0.346. The molecule has 0 aliphatic carbocycles. The highest BCUT2D eigenvalue weighted by molar-refractivity contribution is 5.93. The lowest BCUT2D eigenvalue weighted by atomic mass is 9.73. The lowest BCUT2D eigenvalue weighted by Crippen LogP contribution is -2.55. The van der Waals surface area contributed by atoms with Gasteiger partial charge in [-0.3, -0.25) is 19.6 Å². The molecule has 0 bridgehead atoms. The summed E-state index contributed by atoms with van der Waals surface area (Å²) in [6.45, 7) is 4.87. The first-order valence-corrected chi connectivity index (χ1v) is 11.3. The molecule has 1 fully saturated rings. The van der Waals surface area contributed by atoms with Crippen LogP contribution in [-0.4, -0.2) is 50.8 Å². The SMILES string of the molecule is CC(C)NC(=O)[C@@]1(Cc2cccc(-c3ccncc3)c2)CCCN(C(=O)c2cnccn2)C1. The summed E-state index contributed by atoms with van der Waals surface area (Å²) in [5, 5.41) is 3.11. The second-order valence-electron chi connectivity index (χ2n) is 8.94. The number of piperidine rings is 1. The maximum Gasteiger partial charge on any atom is 0.274 e. The molecule has 2 amide bonds. The molecule has 1 saturated heterocycles. The van der Waals surface area contributed by atoms with Crippen LogP contribution in [0, 0.1) is 5.41 Å². The van der Waals surface area contributed by atoms with Gasteiger partial charge in [0, 0.05) is 43.9 Å². The predicted molar refractivity (Wildman–Crippen MR) is 126 cm³/mol. The fourth-order valence-electron chi connectivity index (χ4n) is 4.50. The molecule has 1 atom stereocenters. The molecule has 2 aromatic heterocycles. The van der Waals surface area contributed by atoms with Crippen LogP contribution in [0.25, 0.3) is 11.1 Å². The molecule has 1 aliphatic rings. The van der Waals surface area contributed by atoms with E-state index >= 15 is 0 Å². The molecule has 0 unspecified atom stereocenters. The van der Waals surface area contributed by atoms with E-state index in [1.165, 1.54) is 12.4 Å². The van der Waals surface area contributed by atoms with E-state index in [-0.39, 0.29) is 17.9 Å². The average Bonchev–Trinajstić information content (AvgIpc) is 2.84. The summed E-state index contributed by atoms with van der Waals surface area (Å²) in [6, 6.07) is 12.2. The number of amides is 2. The number of aromatic nitrogens is 3. The van der Waals surface area contributed by atoms with Gasteiger partial charge in [0.1, 0.15) is 5.69 Å². The van der Waals surface area contributed by atoms with Crippen LogP contribution in [0.5, 0.6) is 0 Å². The third-order valence-corrected chi connectivity index (χ3v) is 6.03. The molecule has 4 rings (SSSR count). The number of nitrogens with zero attached hydrogens (tertiary/aromatic N) is 4. The van der Waals surface area contributed by atoms with Gasteiger partial charge >= 0.3 is 0 Å². The van der Waals surface area contributed by atoms with E-state index in [1.807, 2.05) is 32.0 Å².